The minimum atomic E-state index is -0.121. The Labute approximate surface area is 110 Å². The van der Waals surface area contributed by atoms with Crippen LogP contribution in [0, 0.1) is 12.8 Å². The second-order valence-corrected chi connectivity index (χ2v) is 5.44. The van der Waals surface area contributed by atoms with E-state index in [0.717, 1.165) is 23.4 Å². The van der Waals surface area contributed by atoms with Crippen LogP contribution in [0.25, 0.3) is 0 Å². The fourth-order valence-electron chi connectivity index (χ4n) is 1.58. The average molecular weight is 264 g/mol. The second-order valence-electron chi connectivity index (χ2n) is 4.39. The first kappa shape index (κ1) is 12.8. The van der Waals surface area contributed by atoms with E-state index in [1.165, 1.54) is 11.3 Å². The fraction of sp³-hybridized carbons (Fsp3) is 0.385. The Morgan fingerprint density at radius 3 is 2.89 bits per heavy atom. The first-order valence-corrected chi connectivity index (χ1v) is 6.74. The molecular formula is C13H16N2O2S. The number of nitrogens with one attached hydrogen (secondary N) is 2. The predicted octanol–water partition coefficient (Wildman–Crippen LogP) is 2.32. The standard InChI is InChI=1S/C13H16N2O2S/c1-3-6-14-13(17)11-8(2)7-10(18-11)15-12(16)9-4-5-9/h3,7,9H,1,4-6H2,2H3,(H,14,17)(H,15,16). The number of aryl methyl sites for hydroxylation is 1. The summed E-state index contributed by atoms with van der Waals surface area (Å²) in [6.07, 6.45) is 3.59. The highest BCUT2D eigenvalue weighted by atomic mass is 32.1. The van der Waals surface area contributed by atoms with Crippen LogP contribution in [0.2, 0.25) is 0 Å². The fourth-order valence-corrected chi connectivity index (χ4v) is 2.58. The summed E-state index contributed by atoms with van der Waals surface area (Å²) in [5.74, 6) is 0.115. The lowest BCUT2D eigenvalue weighted by Crippen LogP contribution is -2.22. The van der Waals surface area contributed by atoms with Gasteiger partial charge in [-0.2, -0.15) is 0 Å². The Morgan fingerprint density at radius 2 is 2.28 bits per heavy atom. The smallest absolute Gasteiger partial charge is 0.261 e. The molecule has 1 fully saturated rings. The molecule has 0 spiro atoms. The van der Waals surface area contributed by atoms with Gasteiger partial charge in [0.05, 0.1) is 9.88 Å². The first-order chi connectivity index (χ1) is 8.61. The number of carbonyl (C=O) groups is 2. The molecule has 1 saturated carbocycles. The molecule has 0 atom stereocenters. The normalized spacial score (nSPS) is 14.1. The van der Waals surface area contributed by atoms with E-state index in [0.29, 0.717) is 11.4 Å². The zero-order valence-electron chi connectivity index (χ0n) is 10.3. The molecule has 4 nitrogen and oxygen atoms in total. The van der Waals surface area contributed by atoms with Crippen molar-refractivity contribution < 1.29 is 9.59 Å². The van der Waals surface area contributed by atoms with E-state index in [1.807, 2.05) is 13.0 Å². The van der Waals surface area contributed by atoms with E-state index >= 15 is 0 Å². The number of anilines is 1. The Hall–Kier alpha value is -1.62. The van der Waals surface area contributed by atoms with E-state index in [4.69, 9.17) is 0 Å². The van der Waals surface area contributed by atoms with Gasteiger partial charge in [0.2, 0.25) is 5.91 Å². The van der Waals surface area contributed by atoms with Gasteiger partial charge in [-0.05, 0) is 31.4 Å². The van der Waals surface area contributed by atoms with Gasteiger partial charge in [0.25, 0.3) is 5.91 Å². The highest BCUT2D eigenvalue weighted by molar-refractivity contribution is 7.18. The quantitative estimate of drug-likeness (QED) is 0.802. The molecule has 0 bridgehead atoms. The molecule has 0 radical (unpaired) electrons. The van der Waals surface area contributed by atoms with Gasteiger partial charge in [0.1, 0.15) is 0 Å². The number of amides is 2. The number of thiophene rings is 1. The van der Waals surface area contributed by atoms with Gasteiger partial charge in [0.15, 0.2) is 0 Å². The van der Waals surface area contributed by atoms with Crippen LogP contribution < -0.4 is 10.6 Å². The molecule has 0 aliphatic heterocycles. The predicted molar refractivity (Wildman–Crippen MR) is 72.9 cm³/mol. The van der Waals surface area contributed by atoms with Gasteiger partial charge in [-0.3, -0.25) is 9.59 Å². The third-order valence-corrected chi connectivity index (χ3v) is 3.88. The van der Waals surface area contributed by atoms with Crippen LogP contribution >= 0.6 is 11.3 Å². The van der Waals surface area contributed by atoms with E-state index in [-0.39, 0.29) is 17.7 Å². The maximum atomic E-state index is 11.8. The second kappa shape index (κ2) is 5.35. The van der Waals surface area contributed by atoms with Crippen molar-refractivity contribution in [2.75, 3.05) is 11.9 Å². The molecule has 0 saturated heterocycles. The van der Waals surface area contributed by atoms with Crippen molar-refractivity contribution >= 4 is 28.2 Å². The Morgan fingerprint density at radius 1 is 1.56 bits per heavy atom. The van der Waals surface area contributed by atoms with Crippen LogP contribution in [0.15, 0.2) is 18.7 Å². The molecule has 2 N–H and O–H groups in total. The molecule has 2 amide bonds. The molecule has 0 unspecified atom stereocenters. The number of hydrogen-bond acceptors (Lipinski definition) is 3. The minimum Gasteiger partial charge on any atom is -0.348 e. The summed E-state index contributed by atoms with van der Waals surface area (Å²) in [5, 5.41) is 6.33. The van der Waals surface area contributed by atoms with Crippen molar-refractivity contribution in [2.45, 2.75) is 19.8 Å². The number of hydrogen-bond donors (Lipinski definition) is 2. The van der Waals surface area contributed by atoms with Gasteiger partial charge in [-0.25, -0.2) is 0 Å². The van der Waals surface area contributed by atoms with E-state index in [1.54, 1.807) is 6.08 Å². The maximum Gasteiger partial charge on any atom is 0.261 e. The Balaban J connectivity index is 2.03. The van der Waals surface area contributed by atoms with Crippen LogP contribution in [0.1, 0.15) is 28.1 Å². The third kappa shape index (κ3) is 2.98. The molecule has 1 aromatic rings. The summed E-state index contributed by atoms with van der Waals surface area (Å²) in [5.41, 5.74) is 0.882. The molecule has 0 aromatic carbocycles. The van der Waals surface area contributed by atoms with Crippen molar-refractivity contribution in [3.63, 3.8) is 0 Å². The molecule has 5 heteroatoms. The molecule has 1 aliphatic rings. The first-order valence-electron chi connectivity index (χ1n) is 5.92. The lowest BCUT2D eigenvalue weighted by molar-refractivity contribution is -0.117. The number of carbonyl (C=O) groups excluding carboxylic acids is 2. The summed E-state index contributed by atoms with van der Waals surface area (Å²) in [6.45, 7) is 5.86. The van der Waals surface area contributed by atoms with Crippen molar-refractivity contribution in [3.8, 4) is 0 Å². The Kier molecular flexibility index (Phi) is 3.81. The topological polar surface area (TPSA) is 58.2 Å². The van der Waals surface area contributed by atoms with Gasteiger partial charge in [-0.15, -0.1) is 17.9 Å². The van der Waals surface area contributed by atoms with Crippen LogP contribution in [0.5, 0.6) is 0 Å². The molecule has 1 aromatic heterocycles. The zero-order chi connectivity index (χ0) is 13.1. The van der Waals surface area contributed by atoms with Crippen LogP contribution in [-0.2, 0) is 4.79 Å². The largest absolute Gasteiger partial charge is 0.348 e. The summed E-state index contributed by atoms with van der Waals surface area (Å²) in [4.78, 5) is 24.1. The summed E-state index contributed by atoms with van der Waals surface area (Å²) >= 11 is 1.31. The summed E-state index contributed by atoms with van der Waals surface area (Å²) in [6, 6.07) is 1.84. The number of rotatable bonds is 5. The SMILES string of the molecule is C=CCNC(=O)c1sc(NC(=O)C2CC2)cc1C. The van der Waals surface area contributed by atoms with Gasteiger partial charge in [0, 0.05) is 12.5 Å². The third-order valence-electron chi connectivity index (χ3n) is 2.73. The average Bonchev–Trinajstić information content (AvgIpc) is 3.11. The summed E-state index contributed by atoms with van der Waals surface area (Å²) in [7, 11) is 0. The van der Waals surface area contributed by atoms with E-state index in [9.17, 15) is 9.59 Å². The van der Waals surface area contributed by atoms with Crippen molar-refractivity contribution in [1.29, 1.82) is 0 Å². The highest BCUT2D eigenvalue weighted by Gasteiger charge is 2.30. The van der Waals surface area contributed by atoms with E-state index in [2.05, 4.69) is 17.2 Å². The molecule has 1 heterocycles. The lowest BCUT2D eigenvalue weighted by Gasteiger charge is -2.00. The van der Waals surface area contributed by atoms with E-state index < -0.39 is 0 Å². The molecule has 96 valence electrons. The van der Waals surface area contributed by atoms with Crippen molar-refractivity contribution in [1.82, 2.24) is 5.32 Å². The van der Waals surface area contributed by atoms with Crippen LogP contribution in [0.4, 0.5) is 5.00 Å². The zero-order valence-corrected chi connectivity index (χ0v) is 11.1. The molecule has 2 rings (SSSR count). The minimum absolute atomic E-state index is 0.0642. The molecule has 18 heavy (non-hydrogen) atoms. The lowest BCUT2D eigenvalue weighted by atomic mass is 10.2. The van der Waals surface area contributed by atoms with Crippen molar-refractivity contribution in [3.05, 3.63) is 29.2 Å². The van der Waals surface area contributed by atoms with Crippen LogP contribution in [0.3, 0.4) is 0 Å². The molecular weight excluding hydrogens is 248 g/mol. The summed E-state index contributed by atoms with van der Waals surface area (Å²) < 4.78 is 0. The van der Waals surface area contributed by atoms with Gasteiger partial charge < -0.3 is 10.6 Å². The van der Waals surface area contributed by atoms with Gasteiger partial charge in [-0.1, -0.05) is 6.08 Å². The van der Waals surface area contributed by atoms with Crippen LogP contribution in [-0.4, -0.2) is 18.4 Å². The van der Waals surface area contributed by atoms with Gasteiger partial charge >= 0.3 is 0 Å². The van der Waals surface area contributed by atoms with Crippen molar-refractivity contribution in [2.24, 2.45) is 5.92 Å². The maximum absolute atomic E-state index is 11.8. The monoisotopic (exact) mass is 264 g/mol. The Bertz CT molecular complexity index is 489. The molecule has 1 aliphatic carbocycles. The highest BCUT2D eigenvalue weighted by Crippen LogP contribution is 2.32.